The van der Waals surface area contributed by atoms with Gasteiger partial charge >= 0.3 is 5.97 Å². The summed E-state index contributed by atoms with van der Waals surface area (Å²) in [4.78, 5) is 25.2. The van der Waals surface area contributed by atoms with E-state index < -0.39 is 11.4 Å². The van der Waals surface area contributed by atoms with Gasteiger partial charge in [-0.05, 0) is 48.8 Å². The van der Waals surface area contributed by atoms with Gasteiger partial charge in [-0.1, -0.05) is 51.7 Å². The Labute approximate surface area is 160 Å². The first kappa shape index (κ1) is 19.8. The van der Waals surface area contributed by atoms with Crippen molar-refractivity contribution in [2.24, 2.45) is 11.8 Å². The van der Waals surface area contributed by atoms with Crippen LogP contribution in [0.5, 0.6) is 0 Å². The van der Waals surface area contributed by atoms with E-state index >= 15 is 0 Å². The van der Waals surface area contributed by atoms with Gasteiger partial charge in [-0.25, -0.2) is 4.39 Å². The molecule has 5 heteroatoms. The Bertz CT molecular complexity index is 684. The normalized spacial score (nSPS) is 27.1. The molecule has 0 bridgehead atoms. The molecule has 0 heterocycles. The lowest BCUT2D eigenvalue weighted by atomic mass is 9.78. The lowest BCUT2D eigenvalue weighted by molar-refractivity contribution is -0.154. The third-order valence-corrected chi connectivity index (χ3v) is 6.61. The van der Waals surface area contributed by atoms with Gasteiger partial charge < -0.3 is 10.1 Å². The summed E-state index contributed by atoms with van der Waals surface area (Å²) < 4.78 is 19.1. The molecule has 1 N–H and O–H groups in total. The highest BCUT2D eigenvalue weighted by Gasteiger charge is 2.44. The molecule has 0 spiro atoms. The molecule has 3 rings (SSSR count). The first-order chi connectivity index (χ1) is 12.9. The smallest absolute Gasteiger partial charge is 0.317 e. The van der Waals surface area contributed by atoms with Gasteiger partial charge in [0.2, 0.25) is 0 Å². The fourth-order valence-corrected chi connectivity index (χ4v) is 4.68. The zero-order valence-corrected chi connectivity index (χ0v) is 16.3. The van der Waals surface area contributed by atoms with Crippen LogP contribution in [-0.2, 0) is 19.7 Å². The third-order valence-electron chi connectivity index (χ3n) is 6.61. The van der Waals surface area contributed by atoms with Gasteiger partial charge in [-0.15, -0.1) is 0 Å². The summed E-state index contributed by atoms with van der Waals surface area (Å²) in [5.41, 5.74) is -0.171. The van der Waals surface area contributed by atoms with E-state index in [1.54, 1.807) is 12.1 Å². The molecule has 2 aliphatic rings. The number of halogens is 1. The Hall–Kier alpha value is -1.91. The maximum Gasteiger partial charge on any atom is 0.317 e. The molecule has 0 aromatic heterocycles. The highest BCUT2D eigenvalue weighted by Crippen LogP contribution is 2.42. The van der Waals surface area contributed by atoms with Crippen molar-refractivity contribution in [3.8, 4) is 0 Å². The zero-order valence-electron chi connectivity index (χ0n) is 16.3. The van der Waals surface area contributed by atoms with Crippen molar-refractivity contribution in [1.82, 2.24) is 5.32 Å². The predicted octanol–water partition coefficient (Wildman–Crippen LogP) is 4.12. The molecule has 1 aromatic carbocycles. The monoisotopic (exact) mass is 375 g/mol. The first-order valence-corrected chi connectivity index (χ1v) is 10.1. The molecule has 3 atom stereocenters. The minimum Gasteiger partial charge on any atom is -0.455 e. The Balaban J connectivity index is 1.61. The average Bonchev–Trinajstić information content (AvgIpc) is 3.15. The number of carbonyl (C=O) groups excluding carboxylic acids is 2. The summed E-state index contributed by atoms with van der Waals surface area (Å²) in [5.74, 6) is -0.00886. The zero-order chi connectivity index (χ0) is 19.4. The molecular formula is C22H30FNO3. The highest BCUT2D eigenvalue weighted by atomic mass is 19.1. The van der Waals surface area contributed by atoms with Crippen LogP contribution in [0.4, 0.5) is 4.39 Å². The maximum atomic E-state index is 13.7. The molecule has 0 unspecified atom stereocenters. The summed E-state index contributed by atoms with van der Waals surface area (Å²) in [6.07, 6.45) is 6.34. The molecule has 0 radical (unpaired) electrons. The summed E-state index contributed by atoms with van der Waals surface area (Å²) in [6.45, 7) is 4.11. The predicted molar refractivity (Wildman–Crippen MR) is 102 cm³/mol. The first-order valence-electron chi connectivity index (χ1n) is 10.1. The van der Waals surface area contributed by atoms with Gasteiger partial charge in [0.1, 0.15) is 5.82 Å². The number of benzene rings is 1. The minimum absolute atomic E-state index is 0.142. The number of nitrogens with one attached hydrogen (secondary N) is 1. The molecule has 1 amide bonds. The van der Waals surface area contributed by atoms with E-state index in [1.807, 2.05) is 0 Å². The van der Waals surface area contributed by atoms with E-state index in [4.69, 9.17) is 4.74 Å². The van der Waals surface area contributed by atoms with Crippen LogP contribution in [-0.4, -0.2) is 24.5 Å². The Morgan fingerprint density at radius 2 is 1.93 bits per heavy atom. The average molecular weight is 375 g/mol. The minimum atomic E-state index is -0.824. The Morgan fingerprint density at radius 1 is 1.19 bits per heavy atom. The van der Waals surface area contributed by atoms with Crippen LogP contribution in [0.1, 0.15) is 64.4 Å². The number of amides is 1. The SMILES string of the molecule is C[C@H]1[C@@H](NC(=O)COC(=O)C2(c3cccc(F)c3)CCCC2)CCC[C@@H]1C. The van der Waals surface area contributed by atoms with Crippen LogP contribution in [0.15, 0.2) is 24.3 Å². The van der Waals surface area contributed by atoms with Crippen molar-refractivity contribution in [3.05, 3.63) is 35.6 Å². The number of esters is 1. The quantitative estimate of drug-likeness (QED) is 0.788. The third kappa shape index (κ3) is 4.33. The molecule has 1 aromatic rings. The fourth-order valence-electron chi connectivity index (χ4n) is 4.68. The van der Waals surface area contributed by atoms with Crippen molar-refractivity contribution < 1.29 is 18.7 Å². The van der Waals surface area contributed by atoms with Gasteiger partial charge in [0.15, 0.2) is 6.61 Å². The van der Waals surface area contributed by atoms with Gasteiger partial charge in [-0.2, -0.15) is 0 Å². The van der Waals surface area contributed by atoms with Crippen molar-refractivity contribution >= 4 is 11.9 Å². The van der Waals surface area contributed by atoms with Crippen molar-refractivity contribution in [2.75, 3.05) is 6.61 Å². The van der Waals surface area contributed by atoms with Crippen molar-refractivity contribution in [3.63, 3.8) is 0 Å². The van der Waals surface area contributed by atoms with Gasteiger partial charge in [0.05, 0.1) is 5.41 Å². The van der Waals surface area contributed by atoms with Crippen molar-refractivity contribution in [2.45, 2.75) is 70.3 Å². The second-order valence-electron chi connectivity index (χ2n) is 8.32. The Kier molecular flexibility index (Phi) is 6.18. The fraction of sp³-hybridized carbons (Fsp3) is 0.636. The van der Waals surface area contributed by atoms with E-state index in [0.717, 1.165) is 25.7 Å². The standard InChI is InChI=1S/C22H30FNO3/c1-15-7-5-10-19(16(15)2)24-20(25)14-27-21(26)22(11-3-4-12-22)17-8-6-9-18(23)13-17/h6,8-9,13,15-16,19H,3-5,7,10-12,14H2,1-2H3,(H,24,25)/t15-,16+,19-/m0/s1. The molecule has 2 saturated carbocycles. The topological polar surface area (TPSA) is 55.4 Å². The number of carbonyl (C=O) groups is 2. The second-order valence-corrected chi connectivity index (χ2v) is 8.32. The van der Waals surface area contributed by atoms with Crippen LogP contribution in [0.3, 0.4) is 0 Å². The van der Waals surface area contributed by atoms with E-state index in [-0.39, 0.29) is 24.4 Å². The molecule has 0 saturated heterocycles. The molecule has 148 valence electrons. The molecular weight excluding hydrogens is 345 g/mol. The highest BCUT2D eigenvalue weighted by molar-refractivity contribution is 5.86. The van der Waals surface area contributed by atoms with E-state index in [2.05, 4.69) is 19.2 Å². The Morgan fingerprint density at radius 3 is 2.63 bits per heavy atom. The molecule has 2 fully saturated rings. The van der Waals surface area contributed by atoms with Crippen LogP contribution in [0.2, 0.25) is 0 Å². The van der Waals surface area contributed by atoms with E-state index in [1.165, 1.54) is 18.6 Å². The molecule has 4 nitrogen and oxygen atoms in total. The van der Waals surface area contributed by atoms with E-state index in [9.17, 15) is 14.0 Å². The maximum absolute atomic E-state index is 13.7. The number of ether oxygens (including phenoxy) is 1. The lowest BCUT2D eigenvalue weighted by Gasteiger charge is -2.34. The molecule has 2 aliphatic carbocycles. The molecule has 0 aliphatic heterocycles. The molecule has 27 heavy (non-hydrogen) atoms. The van der Waals surface area contributed by atoms with Gasteiger partial charge in [-0.3, -0.25) is 9.59 Å². The van der Waals surface area contributed by atoms with Crippen LogP contribution >= 0.6 is 0 Å². The van der Waals surface area contributed by atoms with Gasteiger partial charge in [0, 0.05) is 6.04 Å². The number of rotatable bonds is 5. The number of hydrogen-bond acceptors (Lipinski definition) is 3. The van der Waals surface area contributed by atoms with Crippen LogP contribution < -0.4 is 5.32 Å². The summed E-state index contributed by atoms with van der Waals surface area (Å²) >= 11 is 0. The van der Waals surface area contributed by atoms with Crippen molar-refractivity contribution in [1.29, 1.82) is 0 Å². The van der Waals surface area contributed by atoms with E-state index in [0.29, 0.717) is 30.2 Å². The summed E-state index contributed by atoms with van der Waals surface area (Å²) in [6, 6.07) is 6.33. The van der Waals surface area contributed by atoms with Gasteiger partial charge in [0.25, 0.3) is 5.91 Å². The largest absolute Gasteiger partial charge is 0.455 e. The summed E-state index contributed by atoms with van der Waals surface area (Å²) in [5, 5.41) is 3.03. The van der Waals surface area contributed by atoms with Crippen LogP contribution in [0, 0.1) is 17.7 Å². The van der Waals surface area contributed by atoms with Crippen LogP contribution in [0.25, 0.3) is 0 Å². The summed E-state index contributed by atoms with van der Waals surface area (Å²) in [7, 11) is 0. The second kappa shape index (κ2) is 8.41. The number of hydrogen-bond donors (Lipinski definition) is 1. The lowest BCUT2D eigenvalue weighted by Crippen LogP contribution is -2.46.